The van der Waals surface area contributed by atoms with Crippen LogP contribution < -0.4 is 15.0 Å². The molecule has 0 fully saturated rings. The van der Waals surface area contributed by atoms with E-state index < -0.39 is 0 Å². The molecule has 5 aromatic rings. The molecule has 178 valence electrons. The van der Waals surface area contributed by atoms with Gasteiger partial charge >= 0.3 is 0 Å². The molecule has 0 unspecified atom stereocenters. The molecule has 5 rings (SSSR count). The molecule has 0 aliphatic carbocycles. The maximum Gasteiger partial charge on any atom is 0.282 e. The maximum atomic E-state index is 14.1. The Morgan fingerprint density at radius 1 is 0.917 bits per heavy atom. The highest BCUT2D eigenvalue weighted by atomic mass is 19.1. The molecular weight excluding hydrogens is 457 g/mol. The van der Waals surface area contributed by atoms with E-state index in [2.05, 4.69) is 5.10 Å². The van der Waals surface area contributed by atoms with Crippen molar-refractivity contribution in [3.63, 3.8) is 0 Å². The number of benzene rings is 4. The monoisotopic (exact) mass is 479 g/mol. The summed E-state index contributed by atoms with van der Waals surface area (Å²) in [5.41, 5.74) is 2.01. The number of rotatable bonds is 7. The van der Waals surface area contributed by atoms with E-state index in [1.54, 1.807) is 54.6 Å². The van der Waals surface area contributed by atoms with Crippen molar-refractivity contribution in [2.45, 2.75) is 6.61 Å². The SMILES string of the molecule is COc1cccc(C=Nn2c(-c3ccccc3)nc3ccccc3c2=O)c1OCc1ccccc1F. The summed E-state index contributed by atoms with van der Waals surface area (Å²) < 4.78 is 26.9. The molecule has 0 atom stereocenters. The van der Waals surface area contributed by atoms with Gasteiger partial charge in [-0.15, -0.1) is 0 Å². The molecule has 7 heteroatoms. The Morgan fingerprint density at radius 2 is 1.67 bits per heavy atom. The molecule has 36 heavy (non-hydrogen) atoms. The van der Waals surface area contributed by atoms with Gasteiger partial charge in [-0.25, -0.2) is 9.37 Å². The summed E-state index contributed by atoms with van der Waals surface area (Å²) in [6.45, 7) is 0.000626. The lowest BCUT2D eigenvalue weighted by molar-refractivity contribution is 0.279. The molecule has 0 saturated carbocycles. The van der Waals surface area contributed by atoms with E-state index in [0.29, 0.717) is 39.4 Å². The van der Waals surface area contributed by atoms with Crippen molar-refractivity contribution >= 4 is 17.1 Å². The third-order valence-corrected chi connectivity index (χ3v) is 5.66. The Labute approximate surface area is 206 Å². The van der Waals surface area contributed by atoms with Gasteiger partial charge in [-0.1, -0.05) is 66.7 Å². The van der Waals surface area contributed by atoms with Crippen LogP contribution in [0.25, 0.3) is 22.3 Å². The maximum absolute atomic E-state index is 14.1. The van der Waals surface area contributed by atoms with Crippen LogP contribution in [0.3, 0.4) is 0 Å². The normalized spacial score (nSPS) is 11.2. The molecule has 0 aliphatic heterocycles. The van der Waals surface area contributed by atoms with Crippen molar-refractivity contribution < 1.29 is 13.9 Å². The number of halogens is 1. The summed E-state index contributed by atoms with van der Waals surface area (Å²) in [4.78, 5) is 18.1. The van der Waals surface area contributed by atoms with Gasteiger partial charge in [0.25, 0.3) is 5.56 Å². The lowest BCUT2D eigenvalue weighted by atomic mass is 10.2. The van der Waals surface area contributed by atoms with Crippen molar-refractivity contribution in [1.82, 2.24) is 9.66 Å². The van der Waals surface area contributed by atoms with Crippen LogP contribution in [0.1, 0.15) is 11.1 Å². The highest BCUT2D eigenvalue weighted by Crippen LogP contribution is 2.31. The second-order valence-electron chi connectivity index (χ2n) is 7.94. The Balaban J connectivity index is 1.59. The van der Waals surface area contributed by atoms with Gasteiger partial charge in [0.15, 0.2) is 17.3 Å². The van der Waals surface area contributed by atoms with Crippen molar-refractivity contribution in [2.75, 3.05) is 7.11 Å². The second kappa shape index (κ2) is 10.2. The minimum Gasteiger partial charge on any atom is -0.493 e. The van der Waals surface area contributed by atoms with Gasteiger partial charge in [0.05, 0.1) is 24.2 Å². The molecule has 0 spiro atoms. The van der Waals surface area contributed by atoms with E-state index in [9.17, 15) is 9.18 Å². The average Bonchev–Trinajstić information content (AvgIpc) is 2.92. The number of fused-ring (bicyclic) bond motifs is 1. The molecular formula is C29H22FN3O3. The first-order valence-corrected chi connectivity index (χ1v) is 11.3. The van der Waals surface area contributed by atoms with Crippen LogP contribution in [0.2, 0.25) is 0 Å². The fraction of sp³-hybridized carbons (Fsp3) is 0.0690. The summed E-state index contributed by atoms with van der Waals surface area (Å²) in [7, 11) is 1.53. The third-order valence-electron chi connectivity index (χ3n) is 5.66. The van der Waals surface area contributed by atoms with Crippen LogP contribution in [-0.4, -0.2) is 23.0 Å². The van der Waals surface area contributed by atoms with E-state index in [1.807, 2.05) is 36.4 Å². The topological polar surface area (TPSA) is 65.7 Å². The molecule has 0 bridgehead atoms. The molecule has 6 nitrogen and oxygen atoms in total. The highest BCUT2D eigenvalue weighted by Gasteiger charge is 2.14. The molecule has 4 aromatic carbocycles. The first-order chi connectivity index (χ1) is 17.7. The van der Waals surface area contributed by atoms with Crippen LogP contribution in [-0.2, 0) is 6.61 Å². The van der Waals surface area contributed by atoms with Gasteiger partial charge in [0.2, 0.25) is 0 Å². The predicted molar refractivity (Wildman–Crippen MR) is 138 cm³/mol. The Hall–Kier alpha value is -4.78. The third kappa shape index (κ3) is 4.59. The van der Waals surface area contributed by atoms with Gasteiger partial charge in [-0.05, 0) is 30.3 Å². The number of nitrogens with zero attached hydrogens (tertiary/aromatic N) is 3. The summed E-state index contributed by atoms with van der Waals surface area (Å²) in [5, 5.41) is 4.97. The van der Waals surface area contributed by atoms with Crippen LogP contribution in [0.15, 0.2) is 107 Å². The van der Waals surface area contributed by atoms with E-state index >= 15 is 0 Å². The van der Waals surface area contributed by atoms with Gasteiger partial charge in [0, 0.05) is 16.7 Å². The van der Waals surface area contributed by atoms with Crippen LogP contribution in [0.4, 0.5) is 4.39 Å². The van der Waals surface area contributed by atoms with Crippen LogP contribution in [0, 0.1) is 5.82 Å². The van der Waals surface area contributed by atoms with Crippen LogP contribution in [0.5, 0.6) is 11.5 Å². The lowest BCUT2D eigenvalue weighted by Gasteiger charge is -2.14. The predicted octanol–water partition coefficient (Wildman–Crippen LogP) is 5.67. The zero-order valence-corrected chi connectivity index (χ0v) is 19.5. The Morgan fingerprint density at radius 3 is 2.47 bits per heavy atom. The van der Waals surface area contributed by atoms with E-state index in [-0.39, 0.29) is 18.0 Å². The van der Waals surface area contributed by atoms with E-state index in [4.69, 9.17) is 14.5 Å². The molecule has 0 aliphatic rings. The number of hydrogen-bond acceptors (Lipinski definition) is 5. The van der Waals surface area contributed by atoms with Gasteiger partial charge in [0.1, 0.15) is 12.4 Å². The van der Waals surface area contributed by atoms with Crippen molar-refractivity contribution in [1.29, 1.82) is 0 Å². The standard InChI is InChI=1S/C29H22FN3O3/c1-35-26-17-9-13-21(27(26)36-19-22-12-5-7-15-24(22)30)18-31-33-28(20-10-3-2-4-11-20)32-25-16-8-6-14-23(25)29(33)34/h2-18H,19H2,1H3. The lowest BCUT2D eigenvalue weighted by Crippen LogP contribution is -2.20. The van der Waals surface area contributed by atoms with Crippen molar-refractivity contribution in [3.05, 3.63) is 124 Å². The first-order valence-electron chi connectivity index (χ1n) is 11.3. The van der Waals surface area contributed by atoms with E-state index in [1.165, 1.54) is 24.1 Å². The van der Waals surface area contributed by atoms with Crippen LogP contribution >= 0.6 is 0 Å². The molecule has 0 amide bonds. The zero-order chi connectivity index (χ0) is 24.9. The second-order valence-corrected chi connectivity index (χ2v) is 7.94. The largest absolute Gasteiger partial charge is 0.493 e. The Bertz CT molecular complexity index is 1610. The quantitative estimate of drug-likeness (QED) is 0.282. The molecule has 0 saturated heterocycles. The zero-order valence-electron chi connectivity index (χ0n) is 19.5. The molecule has 1 aromatic heterocycles. The first kappa shape index (κ1) is 23.0. The summed E-state index contributed by atoms with van der Waals surface area (Å²) in [6.07, 6.45) is 1.52. The number of ether oxygens (including phenoxy) is 2. The summed E-state index contributed by atoms with van der Waals surface area (Å²) >= 11 is 0. The smallest absolute Gasteiger partial charge is 0.282 e. The number of para-hydroxylation sites is 2. The number of hydrogen-bond donors (Lipinski definition) is 0. The fourth-order valence-electron chi connectivity index (χ4n) is 3.84. The number of aromatic nitrogens is 2. The summed E-state index contributed by atoms with van der Waals surface area (Å²) in [6, 6.07) is 28.3. The molecule has 1 heterocycles. The van der Waals surface area contributed by atoms with Gasteiger partial charge in [-0.3, -0.25) is 4.79 Å². The van der Waals surface area contributed by atoms with Gasteiger partial charge in [-0.2, -0.15) is 9.78 Å². The summed E-state index contributed by atoms with van der Waals surface area (Å²) in [5.74, 6) is 0.897. The highest BCUT2D eigenvalue weighted by molar-refractivity contribution is 5.86. The van der Waals surface area contributed by atoms with Crippen molar-refractivity contribution in [2.24, 2.45) is 5.10 Å². The average molecular weight is 480 g/mol. The molecule has 0 radical (unpaired) electrons. The number of methoxy groups -OCH3 is 1. The minimum absolute atomic E-state index is 0.000626. The minimum atomic E-state index is -0.357. The van der Waals surface area contributed by atoms with Crippen molar-refractivity contribution in [3.8, 4) is 22.9 Å². The molecule has 0 N–H and O–H groups in total. The Kier molecular flexibility index (Phi) is 6.53. The van der Waals surface area contributed by atoms with Gasteiger partial charge < -0.3 is 9.47 Å². The fourth-order valence-corrected chi connectivity index (χ4v) is 3.84. The van der Waals surface area contributed by atoms with E-state index in [0.717, 1.165) is 5.56 Å².